The number of hydrogen-bond acceptors (Lipinski definition) is 11. The Morgan fingerprint density at radius 2 is 2.02 bits per heavy atom. The number of fused-ring (bicyclic) bond motifs is 2. The van der Waals surface area contributed by atoms with Crippen LogP contribution in [-0.4, -0.2) is 84.6 Å². The van der Waals surface area contributed by atoms with E-state index in [1.807, 2.05) is 19.1 Å². The Kier molecular flexibility index (Phi) is 7.90. The van der Waals surface area contributed by atoms with Crippen LogP contribution in [0, 0.1) is 0 Å². The summed E-state index contributed by atoms with van der Waals surface area (Å²) in [6.07, 6.45) is -2.22. The van der Waals surface area contributed by atoms with Crippen LogP contribution in [0.15, 0.2) is 29.3 Å². The summed E-state index contributed by atoms with van der Waals surface area (Å²) in [4.78, 5) is 18.1. The molecular formula is C28H33F3N6O4S2. The monoisotopic (exact) mass is 638 g/mol. The van der Waals surface area contributed by atoms with E-state index in [4.69, 9.17) is 9.72 Å². The predicted octanol–water partition coefficient (Wildman–Crippen LogP) is 4.22. The van der Waals surface area contributed by atoms with Crippen molar-refractivity contribution in [2.45, 2.75) is 55.8 Å². The minimum atomic E-state index is -4.75. The Bertz CT molecular complexity index is 1630. The van der Waals surface area contributed by atoms with Crippen LogP contribution < -0.4 is 10.2 Å². The van der Waals surface area contributed by atoms with Crippen LogP contribution in [-0.2, 0) is 32.8 Å². The Morgan fingerprint density at radius 1 is 1.23 bits per heavy atom. The molecule has 10 nitrogen and oxygen atoms in total. The quantitative estimate of drug-likeness (QED) is 0.389. The molecule has 232 valence electrons. The highest BCUT2D eigenvalue weighted by molar-refractivity contribution is 7.91. The van der Waals surface area contributed by atoms with Gasteiger partial charge in [0.1, 0.15) is 17.0 Å². The maximum Gasteiger partial charge on any atom is 0.420 e. The molecule has 15 heteroatoms. The third-order valence-corrected chi connectivity index (χ3v) is 11.4. The third-order valence-electron chi connectivity index (χ3n) is 8.23. The van der Waals surface area contributed by atoms with Gasteiger partial charge in [0.05, 0.1) is 50.7 Å². The predicted molar refractivity (Wildman–Crippen MR) is 156 cm³/mol. The number of ether oxygens (including phenoxy) is 1. The molecule has 2 aliphatic heterocycles. The van der Waals surface area contributed by atoms with Crippen LogP contribution in [0.1, 0.15) is 42.8 Å². The lowest BCUT2D eigenvalue weighted by molar-refractivity contribution is -0.137. The number of nitrogens with one attached hydrogen (secondary N) is 1. The van der Waals surface area contributed by atoms with E-state index in [1.165, 1.54) is 6.07 Å². The number of alkyl halides is 3. The van der Waals surface area contributed by atoms with Crippen LogP contribution in [0.2, 0.25) is 0 Å². The molecule has 2 N–H and O–H groups in total. The van der Waals surface area contributed by atoms with E-state index in [-0.39, 0.29) is 46.4 Å². The number of sulfone groups is 1. The second-order valence-corrected chi connectivity index (χ2v) is 14.2. The summed E-state index contributed by atoms with van der Waals surface area (Å²) in [6.45, 7) is 7.14. The maximum absolute atomic E-state index is 14.1. The number of aromatic nitrogens is 3. The maximum atomic E-state index is 14.1. The SMILES string of the molecule is CCc1nc(N2CCN(CCO)[C@H](C)C2)ccc1Nc1ncc(C(F)(F)F)c(-c2cc3c(s2)C2(CC2)OCCS3(=O)=O)n1. The third kappa shape index (κ3) is 5.84. The zero-order valence-electron chi connectivity index (χ0n) is 23.8. The van der Waals surface area contributed by atoms with E-state index < -0.39 is 27.2 Å². The van der Waals surface area contributed by atoms with E-state index in [0.29, 0.717) is 42.1 Å². The number of rotatable bonds is 7. The summed E-state index contributed by atoms with van der Waals surface area (Å²) >= 11 is 0.990. The van der Waals surface area contributed by atoms with Gasteiger partial charge in [-0.25, -0.2) is 23.4 Å². The lowest BCUT2D eigenvalue weighted by Crippen LogP contribution is -2.52. The first kappa shape index (κ1) is 30.2. The van der Waals surface area contributed by atoms with Crippen molar-refractivity contribution in [1.29, 1.82) is 0 Å². The molecule has 1 atom stereocenters. The number of anilines is 3. The molecule has 3 aromatic heterocycles. The Labute approximate surface area is 251 Å². The number of thiophene rings is 1. The fraction of sp³-hybridized carbons (Fsp3) is 0.536. The van der Waals surface area contributed by atoms with Gasteiger partial charge in [-0.05, 0) is 44.4 Å². The van der Waals surface area contributed by atoms with E-state index in [0.717, 1.165) is 43.0 Å². The van der Waals surface area contributed by atoms with Crippen LogP contribution in [0.3, 0.4) is 0 Å². The highest BCUT2D eigenvalue weighted by Crippen LogP contribution is 2.56. The van der Waals surface area contributed by atoms with Gasteiger partial charge in [-0.1, -0.05) is 6.92 Å². The number of aryl methyl sites for hydroxylation is 1. The minimum absolute atomic E-state index is 0.0308. The smallest absolute Gasteiger partial charge is 0.395 e. The highest BCUT2D eigenvalue weighted by atomic mass is 32.2. The molecule has 0 amide bonds. The van der Waals surface area contributed by atoms with E-state index >= 15 is 0 Å². The van der Waals surface area contributed by atoms with Gasteiger partial charge in [0.25, 0.3) is 0 Å². The van der Waals surface area contributed by atoms with Crippen molar-refractivity contribution in [3.05, 3.63) is 40.5 Å². The molecule has 3 aliphatic rings. The number of piperazine rings is 1. The van der Waals surface area contributed by atoms with Gasteiger partial charge in [0.15, 0.2) is 9.84 Å². The van der Waals surface area contributed by atoms with E-state index in [2.05, 4.69) is 32.0 Å². The number of β-amino-alcohol motifs (C(OH)–C–C–N with tert-alkyl or cyclic N) is 1. The Hall–Kier alpha value is -2.85. The zero-order chi connectivity index (χ0) is 30.6. The summed E-state index contributed by atoms with van der Waals surface area (Å²) in [5, 5.41) is 12.3. The summed E-state index contributed by atoms with van der Waals surface area (Å²) in [5.74, 6) is 0.521. The molecule has 0 unspecified atom stereocenters. The normalized spacial score (nSPS) is 21.4. The molecule has 2 fully saturated rings. The average Bonchev–Trinajstić information content (AvgIpc) is 3.61. The van der Waals surface area contributed by atoms with Gasteiger partial charge < -0.3 is 20.1 Å². The molecule has 0 radical (unpaired) electrons. The zero-order valence-corrected chi connectivity index (χ0v) is 25.4. The Balaban J connectivity index is 1.32. The second-order valence-electron chi connectivity index (χ2n) is 11.1. The second kappa shape index (κ2) is 11.3. The first-order chi connectivity index (χ1) is 20.4. The standard InChI is InChI=1S/C28H33F3N6O4S2/c1-3-19-20(4-5-23(33-19)37-9-8-36(10-11-38)17(2)16-37)34-26-32-15-18(28(29,30)31)24(35-26)21-14-22-25(42-21)27(6-7-27)41-12-13-43(22,39)40/h4-5,14-15,17,38H,3,6-13,16H2,1-2H3,(H,32,34,35)/t17-/m1/s1. The fourth-order valence-corrected chi connectivity index (χ4v) is 8.84. The van der Waals surface area contributed by atoms with Gasteiger partial charge in [-0.15, -0.1) is 11.3 Å². The molecular weight excluding hydrogens is 605 g/mol. The molecule has 1 spiro atoms. The topological polar surface area (TPSA) is 121 Å². The Morgan fingerprint density at radius 3 is 2.70 bits per heavy atom. The lowest BCUT2D eigenvalue weighted by Gasteiger charge is -2.40. The molecule has 0 aromatic carbocycles. The fourth-order valence-electron chi connectivity index (χ4n) is 5.72. The summed E-state index contributed by atoms with van der Waals surface area (Å²) in [7, 11) is -3.72. The number of aliphatic hydroxyl groups excluding tert-OH is 1. The number of aliphatic hydroxyl groups is 1. The van der Waals surface area contributed by atoms with Gasteiger partial charge in [0, 0.05) is 38.4 Å². The van der Waals surface area contributed by atoms with Crippen LogP contribution in [0.25, 0.3) is 10.6 Å². The average molecular weight is 639 g/mol. The molecule has 43 heavy (non-hydrogen) atoms. The van der Waals surface area contributed by atoms with Crippen molar-refractivity contribution in [3.8, 4) is 10.6 Å². The van der Waals surface area contributed by atoms with Gasteiger partial charge in [0.2, 0.25) is 5.95 Å². The first-order valence-electron chi connectivity index (χ1n) is 14.3. The largest absolute Gasteiger partial charge is 0.420 e. The van der Waals surface area contributed by atoms with Gasteiger partial charge >= 0.3 is 6.18 Å². The molecule has 3 aromatic rings. The van der Waals surface area contributed by atoms with Crippen LogP contribution >= 0.6 is 11.3 Å². The van der Waals surface area contributed by atoms with E-state index in [9.17, 15) is 26.7 Å². The number of hydrogen-bond donors (Lipinski definition) is 2. The van der Waals surface area contributed by atoms with Crippen LogP contribution in [0.4, 0.5) is 30.6 Å². The van der Waals surface area contributed by atoms with Crippen LogP contribution in [0.5, 0.6) is 0 Å². The molecule has 6 rings (SSSR count). The van der Waals surface area contributed by atoms with Crippen molar-refractivity contribution in [2.75, 3.05) is 55.4 Å². The minimum Gasteiger partial charge on any atom is -0.395 e. The summed E-state index contributed by atoms with van der Waals surface area (Å²) < 4.78 is 74.1. The van der Waals surface area contributed by atoms with Crippen molar-refractivity contribution in [1.82, 2.24) is 19.9 Å². The number of nitrogens with zero attached hydrogens (tertiary/aromatic N) is 5. The molecule has 5 heterocycles. The highest BCUT2D eigenvalue weighted by Gasteiger charge is 2.52. The lowest BCUT2D eigenvalue weighted by atomic mass is 10.1. The molecule has 1 aliphatic carbocycles. The number of halogens is 3. The summed E-state index contributed by atoms with van der Waals surface area (Å²) in [5.41, 5.74) is -0.905. The van der Waals surface area contributed by atoms with Crippen molar-refractivity contribution in [2.24, 2.45) is 0 Å². The number of pyridine rings is 1. The molecule has 1 saturated carbocycles. The first-order valence-corrected chi connectivity index (χ1v) is 16.7. The molecule has 1 saturated heterocycles. The molecule has 0 bridgehead atoms. The van der Waals surface area contributed by atoms with Gasteiger partial charge in [-0.3, -0.25) is 4.90 Å². The van der Waals surface area contributed by atoms with Crippen molar-refractivity contribution >= 4 is 38.6 Å². The van der Waals surface area contributed by atoms with Gasteiger partial charge in [-0.2, -0.15) is 13.2 Å². The van der Waals surface area contributed by atoms with E-state index in [1.54, 1.807) is 0 Å². The van der Waals surface area contributed by atoms with Crippen molar-refractivity contribution in [3.63, 3.8) is 0 Å². The van der Waals surface area contributed by atoms with Crippen molar-refractivity contribution < 1.29 is 31.4 Å². The summed E-state index contributed by atoms with van der Waals surface area (Å²) in [6, 6.07) is 5.23.